The van der Waals surface area contributed by atoms with Crippen molar-refractivity contribution in [2.75, 3.05) is 13.1 Å². The quantitative estimate of drug-likeness (QED) is 0.855. The Kier molecular flexibility index (Phi) is 4.99. The maximum Gasteiger partial charge on any atom is 0.220 e. The lowest BCUT2D eigenvalue weighted by Crippen LogP contribution is -2.37. The third-order valence-corrected chi connectivity index (χ3v) is 5.83. The van der Waals surface area contributed by atoms with Gasteiger partial charge in [-0.3, -0.25) is 0 Å². The molecule has 0 amide bonds. The van der Waals surface area contributed by atoms with Crippen LogP contribution >= 0.6 is 11.6 Å². The van der Waals surface area contributed by atoms with Crippen molar-refractivity contribution in [1.29, 1.82) is 5.26 Å². The Balaban J connectivity index is 2.39. The van der Waals surface area contributed by atoms with Crippen LogP contribution in [-0.4, -0.2) is 26.4 Å². The Morgan fingerprint density at radius 2 is 1.86 bits per heavy atom. The number of benzene rings is 1. The second kappa shape index (κ2) is 6.59. The molecule has 1 saturated heterocycles. The standard InChI is InChI=1S/C15H18ClN3O2S/c1-11-6-8-19(9-7-11)15(18)14(10-17)22(20,21)13-4-2-12(16)3-5-13/h2-5,11H,6-9,18H2,1H3. The Bertz CT molecular complexity index is 712. The van der Waals surface area contributed by atoms with Gasteiger partial charge >= 0.3 is 0 Å². The molecule has 0 aliphatic carbocycles. The second-order valence-electron chi connectivity index (χ2n) is 5.45. The number of allylic oxidation sites excluding steroid dienone is 1. The number of hydrogen-bond donors (Lipinski definition) is 1. The van der Waals surface area contributed by atoms with Gasteiger partial charge in [-0.25, -0.2) is 8.42 Å². The van der Waals surface area contributed by atoms with Crippen molar-refractivity contribution < 1.29 is 8.42 Å². The summed E-state index contributed by atoms with van der Waals surface area (Å²) in [7, 11) is -3.94. The number of nitrogens with zero attached hydrogens (tertiary/aromatic N) is 2. The number of sulfone groups is 1. The molecule has 1 fully saturated rings. The van der Waals surface area contributed by atoms with Crippen LogP contribution in [0.4, 0.5) is 0 Å². The number of hydrogen-bond acceptors (Lipinski definition) is 5. The van der Waals surface area contributed by atoms with Crippen molar-refractivity contribution in [2.24, 2.45) is 11.7 Å². The van der Waals surface area contributed by atoms with Gasteiger partial charge in [-0.05, 0) is 43.0 Å². The largest absolute Gasteiger partial charge is 0.384 e. The van der Waals surface area contributed by atoms with E-state index in [1.54, 1.807) is 11.0 Å². The fraction of sp³-hybridized carbons (Fsp3) is 0.400. The van der Waals surface area contributed by atoms with Gasteiger partial charge in [0.1, 0.15) is 11.9 Å². The van der Waals surface area contributed by atoms with Crippen molar-refractivity contribution in [3.63, 3.8) is 0 Å². The van der Waals surface area contributed by atoms with Crippen molar-refractivity contribution in [3.8, 4) is 6.07 Å². The number of rotatable bonds is 3. The van der Waals surface area contributed by atoms with Gasteiger partial charge in [0.15, 0.2) is 4.91 Å². The van der Waals surface area contributed by atoms with E-state index in [-0.39, 0.29) is 10.7 Å². The Hall–Kier alpha value is -1.71. The van der Waals surface area contributed by atoms with Gasteiger partial charge in [0.25, 0.3) is 0 Å². The minimum atomic E-state index is -3.94. The molecule has 0 aromatic heterocycles. The molecule has 1 aromatic rings. The molecule has 1 aliphatic rings. The van der Waals surface area contributed by atoms with Crippen LogP contribution in [0.15, 0.2) is 39.9 Å². The highest BCUT2D eigenvalue weighted by Gasteiger charge is 2.27. The smallest absolute Gasteiger partial charge is 0.220 e. The van der Waals surface area contributed by atoms with E-state index in [2.05, 4.69) is 6.92 Å². The summed E-state index contributed by atoms with van der Waals surface area (Å²) in [5, 5.41) is 9.74. The zero-order chi connectivity index (χ0) is 16.3. The molecule has 1 aliphatic heterocycles. The molecular weight excluding hydrogens is 322 g/mol. The fourth-order valence-electron chi connectivity index (χ4n) is 2.38. The molecule has 118 valence electrons. The molecule has 0 atom stereocenters. The van der Waals surface area contributed by atoms with Crippen LogP contribution in [0.5, 0.6) is 0 Å². The summed E-state index contributed by atoms with van der Waals surface area (Å²) in [5.74, 6) is 0.617. The molecule has 0 bridgehead atoms. The fourth-order valence-corrected chi connectivity index (χ4v) is 3.76. The van der Waals surface area contributed by atoms with Crippen LogP contribution < -0.4 is 5.73 Å². The molecule has 1 aromatic carbocycles. The lowest BCUT2D eigenvalue weighted by molar-refractivity contribution is 0.235. The highest BCUT2D eigenvalue weighted by atomic mass is 35.5. The summed E-state index contributed by atoms with van der Waals surface area (Å²) >= 11 is 5.77. The van der Waals surface area contributed by atoms with Gasteiger partial charge in [-0.15, -0.1) is 0 Å². The summed E-state index contributed by atoms with van der Waals surface area (Å²) in [6, 6.07) is 7.46. The van der Waals surface area contributed by atoms with E-state index >= 15 is 0 Å². The molecule has 0 radical (unpaired) electrons. The molecular formula is C15H18ClN3O2S. The van der Waals surface area contributed by atoms with Gasteiger partial charge in [-0.2, -0.15) is 5.26 Å². The minimum Gasteiger partial charge on any atom is -0.384 e. The van der Waals surface area contributed by atoms with Crippen LogP contribution in [-0.2, 0) is 9.84 Å². The molecule has 0 unspecified atom stereocenters. The number of likely N-dealkylation sites (tertiary alicyclic amines) is 1. The van der Waals surface area contributed by atoms with Gasteiger partial charge in [0, 0.05) is 18.1 Å². The summed E-state index contributed by atoms with van der Waals surface area (Å²) in [5.41, 5.74) is 5.98. The summed E-state index contributed by atoms with van der Waals surface area (Å²) in [6.45, 7) is 3.47. The molecule has 5 nitrogen and oxygen atoms in total. The summed E-state index contributed by atoms with van der Waals surface area (Å²) < 4.78 is 25.2. The molecule has 2 rings (SSSR count). The topological polar surface area (TPSA) is 87.2 Å². The predicted octanol–water partition coefficient (Wildman–Crippen LogP) is 2.50. The number of nitriles is 1. The van der Waals surface area contributed by atoms with Gasteiger partial charge in [-0.1, -0.05) is 18.5 Å². The lowest BCUT2D eigenvalue weighted by atomic mass is 9.99. The first-order valence-electron chi connectivity index (χ1n) is 7.01. The van der Waals surface area contributed by atoms with Crippen LogP contribution in [0.25, 0.3) is 0 Å². The first-order chi connectivity index (χ1) is 10.4. The number of halogens is 1. The lowest BCUT2D eigenvalue weighted by Gasteiger charge is -2.32. The van der Waals surface area contributed by atoms with E-state index in [4.69, 9.17) is 17.3 Å². The zero-order valence-corrected chi connectivity index (χ0v) is 13.9. The maximum atomic E-state index is 12.6. The molecule has 1 heterocycles. The second-order valence-corrected chi connectivity index (χ2v) is 7.78. The first kappa shape index (κ1) is 16.7. The van der Waals surface area contributed by atoms with E-state index in [1.807, 2.05) is 0 Å². The van der Waals surface area contributed by atoms with Gasteiger partial charge in [0.2, 0.25) is 9.84 Å². The molecule has 0 saturated carbocycles. The van der Waals surface area contributed by atoms with E-state index in [1.165, 1.54) is 24.3 Å². The molecule has 0 spiro atoms. The molecule has 7 heteroatoms. The van der Waals surface area contributed by atoms with Crippen molar-refractivity contribution in [3.05, 3.63) is 40.0 Å². The van der Waals surface area contributed by atoms with Crippen LogP contribution in [0, 0.1) is 17.2 Å². The Labute approximate surface area is 135 Å². The minimum absolute atomic E-state index is 0.0155. The van der Waals surface area contributed by atoms with Gasteiger partial charge in [0.05, 0.1) is 4.90 Å². The van der Waals surface area contributed by atoms with E-state index in [9.17, 15) is 13.7 Å². The highest BCUT2D eigenvalue weighted by molar-refractivity contribution is 7.95. The van der Waals surface area contributed by atoms with Crippen molar-refractivity contribution in [2.45, 2.75) is 24.7 Å². The SMILES string of the molecule is CC1CCN(C(N)=C(C#N)S(=O)(=O)c2ccc(Cl)cc2)CC1. The van der Waals surface area contributed by atoms with Crippen molar-refractivity contribution in [1.82, 2.24) is 4.90 Å². The maximum absolute atomic E-state index is 12.6. The average Bonchev–Trinajstić information content (AvgIpc) is 2.48. The summed E-state index contributed by atoms with van der Waals surface area (Å²) in [4.78, 5) is 1.39. The average molecular weight is 340 g/mol. The Morgan fingerprint density at radius 1 is 1.32 bits per heavy atom. The monoisotopic (exact) mass is 339 g/mol. The normalized spacial score (nSPS) is 17.8. The first-order valence-corrected chi connectivity index (χ1v) is 8.88. The van der Waals surface area contributed by atoms with Crippen molar-refractivity contribution >= 4 is 21.4 Å². The van der Waals surface area contributed by atoms with E-state index in [0.29, 0.717) is 24.0 Å². The third kappa shape index (κ3) is 3.37. The Morgan fingerprint density at radius 3 is 2.36 bits per heavy atom. The van der Waals surface area contributed by atoms with E-state index in [0.717, 1.165) is 12.8 Å². The predicted molar refractivity (Wildman–Crippen MR) is 85.4 cm³/mol. The van der Waals surface area contributed by atoms with Crippen LogP contribution in [0.2, 0.25) is 5.02 Å². The van der Waals surface area contributed by atoms with Crippen LogP contribution in [0.3, 0.4) is 0 Å². The number of piperidine rings is 1. The molecule has 2 N–H and O–H groups in total. The van der Waals surface area contributed by atoms with Crippen LogP contribution in [0.1, 0.15) is 19.8 Å². The highest BCUT2D eigenvalue weighted by Crippen LogP contribution is 2.25. The van der Waals surface area contributed by atoms with E-state index < -0.39 is 14.7 Å². The molecule has 22 heavy (non-hydrogen) atoms. The van der Waals surface area contributed by atoms with Gasteiger partial charge < -0.3 is 10.6 Å². The summed E-state index contributed by atoms with van der Waals surface area (Å²) in [6.07, 6.45) is 1.86. The zero-order valence-electron chi connectivity index (χ0n) is 12.3. The number of nitrogens with two attached hydrogens (primary N) is 1. The third-order valence-electron chi connectivity index (χ3n) is 3.85.